The fourth-order valence-corrected chi connectivity index (χ4v) is 0.378. The minimum Gasteiger partial charge on any atom is -0.495 e. The predicted molar refractivity (Wildman–Crippen MR) is 38.7 cm³/mol. The Balaban J connectivity index is 0.000000640. The number of aliphatic imine (C=N–C) groups is 1. The van der Waals surface area contributed by atoms with Crippen LogP contribution in [0.1, 0.15) is 0 Å². The van der Waals surface area contributed by atoms with E-state index in [2.05, 4.69) is 10.3 Å². The fraction of sp³-hybridized carbons (Fsp3) is 0. The summed E-state index contributed by atoms with van der Waals surface area (Å²) < 4.78 is 0. The normalized spacial score (nSPS) is 14.9. The van der Waals surface area contributed by atoms with Crippen molar-refractivity contribution in [2.24, 2.45) is 4.99 Å². The second kappa shape index (κ2) is 3.97. The second-order valence-corrected chi connectivity index (χ2v) is 1.32. The number of aliphatic hydroxyl groups excluding tert-OH is 1. The molecular formula is C5H7ClN2O. The average Bonchev–Trinajstić information content (AvgIpc) is 1.94. The largest absolute Gasteiger partial charge is 0.495 e. The van der Waals surface area contributed by atoms with Crippen molar-refractivity contribution in [3.63, 3.8) is 0 Å². The van der Waals surface area contributed by atoms with Gasteiger partial charge in [-0.3, -0.25) is 0 Å². The van der Waals surface area contributed by atoms with Crippen LogP contribution in [0.5, 0.6) is 0 Å². The Hall–Kier alpha value is -0.960. The zero-order valence-corrected chi connectivity index (χ0v) is 5.43. The Morgan fingerprint density at radius 2 is 2.33 bits per heavy atom. The molecule has 0 aliphatic carbocycles. The molecule has 9 heavy (non-hydrogen) atoms. The molecule has 0 aromatic carbocycles. The molecule has 0 fully saturated rings. The zero-order chi connectivity index (χ0) is 5.82. The van der Waals surface area contributed by atoms with Gasteiger partial charge in [-0.2, -0.15) is 0 Å². The van der Waals surface area contributed by atoms with E-state index in [0.717, 1.165) is 0 Å². The molecule has 50 valence electrons. The van der Waals surface area contributed by atoms with E-state index in [1.807, 2.05) is 0 Å². The number of halogens is 1. The lowest BCUT2D eigenvalue weighted by Gasteiger charge is -1.90. The number of hydrogen-bond acceptors (Lipinski definition) is 3. The monoisotopic (exact) mass is 146 g/mol. The van der Waals surface area contributed by atoms with Crippen molar-refractivity contribution < 1.29 is 5.11 Å². The van der Waals surface area contributed by atoms with E-state index in [0.29, 0.717) is 0 Å². The van der Waals surface area contributed by atoms with Crippen LogP contribution >= 0.6 is 12.4 Å². The van der Waals surface area contributed by atoms with Gasteiger partial charge in [-0.1, -0.05) is 0 Å². The molecule has 1 rings (SSSR count). The van der Waals surface area contributed by atoms with Crippen molar-refractivity contribution in [3.8, 4) is 0 Å². The SMILES string of the molecule is Cl.OC1=CC=CN=CN1. The van der Waals surface area contributed by atoms with Crippen LogP contribution < -0.4 is 5.32 Å². The first-order valence-electron chi connectivity index (χ1n) is 2.23. The summed E-state index contributed by atoms with van der Waals surface area (Å²) in [5.74, 6) is 0.113. The fourth-order valence-electron chi connectivity index (χ4n) is 0.378. The molecule has 0 amide bonds. The summed E-state index contributed by atoms with van der Waals surface area (Å²) in [7, 11) is 0. The third kappa shape index (κ3) is 2.77. The molecule has 0 atom stereocenters. The van der Waals surface area contributed by atoms with Crippen molar-refractivity contribution in [2.45, 2.75) is 0 Å². The molecule has 2 N–H and O–H groups in total. The van der Waals surface area contributed by atoms with Crippen molar-refractivity contribution in [3.05, 3.63) is 24.2 Å². The van der Waals surface area contributed by atoms with E-state index >= 15 is 0 Å². The highest BCUT2D eigenvalue weighted by Gasteiger charge is 1.84. The van der Waals surface area contributed by atoms with Crippen LogP contribution in [-0.2, 0) is 0 Å². The van der Waals surface area contributed by atoms with Gasteiger partial charge in [-0.05, 0) is 12.2 Å². The van der Waals surface area contributed by atoms with Crippen LogP contribution in [0, 0.1) is 0 Å². The van der Waals surface area contributed by atoms with Crippen molar-refractivity contribution >= 4 is 18.7 Å². The highest BCUT2D eigenvalue weighted by atomic mass is 35.5. The topological polar surface area (TPSA) is 44.6 Å². The van der Waals surface area contributed by atoms with Gasteiger partial charge in [0.05, 0.1) is 6.34 Å². The van der Waals surface area contributed by atoms with Crippen LogP contribution in [0.4, 0.5) is 0 Å². The summed E-state index contributed by atoms with van der Waals surface area (Å²) in [6.45, 7) is 0. The average molecular weight is 147 g/mol. The maximum atomic E-state index is 8.70. The van der Waals surface area contributed by atoms with E-state index in [9.17, 15) is 0 Å². The lowest BCUT2D eigenvalue weighted by Crippen LogP contribution is -2.07. The standard InChI is InChI=1S/C5H6N2O.ClH/c8-5-2-1-3-6-4-7-5;/h1-4,8H,(H,6,7);1H. The van der Waals surface area contributed by atoms with Gasteiger partial charge in [0, 0.05) is 6.20 Å². The van der Waals surface area contributed by atoms with Crippen molar-refractivity contribution in [2.75, 3.05) is 0 Å². The van der Waals surface area contributed by atoms with Crippen molar-refractivity contribution in [1.29, 1.82) is 0 Å². The molecule has 1 aliphatic rings. The number of nitrogens with zero attached hydrogens (tertiary/aromatic N) is 1. The van der Waals surface area contributed by atoms with Gasteiger partial charge in [-0.15, -0.1) is 12.4 Å². The van der Waals surface area contributed by atoms with Crippen LogP contribution in [-0.4, -0.2) is 11.4 Å². The van der Waals surface area contributed by atoms with E-state index < -0.39 is 0 Å². The van der Waals surface area contributed by atoms with Gasteiger partial charge in [0.2, 0.25) is 0 Å². The predicted octanol–water partition coefficient (Wildman–Crippen LogP) is 0.953. The minimum atomic E-state index is 0. The molecule has 0 radical (unpaired) electrons. The van der Waals surface area contributed by atoms with Crippen molar-refractivity contribution in [1.82, 2.24) is 5.32 Å². The smallest absolute Gasteiger partial charge is 0.189 e. The maximum absolute atomic E-state index is 8.70. The lowest BCUT2D eigenvalue weighted by molar-refractivity contribution is 0.390. The third-order valence-electron chi connectivity index (χ3n) is 0.713. The first-order valence-corrected chi connectivity index (χ1v) is 2.23. The Labute approximate surface area is 59.2 Å². The van der Waals surface area contributed by atoms with Gasteiger partial charge < -0.3 is 10.4 Å². The second-order valence-electron chi connectivity index (χ2n) is 1.32. The maximum Gasteiger partial charge on any atom is 0.189 e. The molecule has 0 saturated carbocycles. The quantitative estimate of drug-likeness (QED) is 0.535. The summed E-state index contributed by atoms with van der Waals surface area (Å²) >= 11 is 0. The number of nitrogens with one attached hydrogen (secondary N) is 1. The first-order chi connectivity index (χ1) is 3.89. The first kappa shape index (κ1) is 8.04. The molecule has 1 heterocycles. The van der Waals surface area contributed by atoms with Crippen LogP contribution in [0.25, 0.3) is 0 Å². The van der Waals surface area contributed by atoms with E-state index in [4.69, 9.17) is 5.11 Å². The molecular weight excluding hydrogens is 140 g/mol. The number of hydrogen-bond donors (Lipinski definition) is 2. The summed E-state index contributed by atoms with van der Waals surface area (Å²) in [6, 6.07) is 0. The van der Waals surface area contributed by atoms with Gasteiger partial charge in [0.25, 0.3) is 0 Å². The van der Waals surface area contributed by atoms with E-state index in [-0.39, 0.29) is 18.3 Å². The minimum absolute atomic E-state index is 0. The molecule has 4 heteroatoms. The van der Waals surface area contributed by atoms with Gasteiger partial charge in [-0.25, -0.2) is 4.99 Å². The summed E-state index contributed by atoms with van der Waals surface area (Å²) in [5.41, 5.74) is 0. The molecule has 0 bridgehead atoms. The Bertz CT molecular complexity index is 162. The Kier molecular flexibility index (Phi) is 3.55. The molecule has 0 aromatic rings. The lowest BCUT2D eigenvalue weighted by atomic mass is 10.5. The zero-order valence-electron chi connectivity index (χ0n) is 4.61. The summed E-state index contributed by atoms with van der Waals surface area (Å²) in [6.07, 6.45) is 6.16. The van der Waals surface area contributed by atoms with E-state index in [1.54, 1.807) is 12.3 Å². The molecule has 0 spiro atoms. The highest BCUT2D eigenvalue weighted by molar-refractivity contribution is 5.85. The summed E-state index contributed by atoms with van der Waals surface area (Å²) in [4.78, 5) is 3.69. The number of rotatable bonds is 0. The molecule has 0 aromatic heterocycles. The Morgan fingerprint density at radius 1 is 1.56 bits per heavy atom. The molecule has 0 saturated heterocycles. The van der Waals surface area contributed by atoms with E-state index in [1.165, 1.54) is 12.4 Å². The molecule has 0 unspecified atom stereocenters. The molecule has 3 nitrogen and oxygen atoms in total. The number of aliphatic hydroxyl groups is 1. The third-order valence-corrected chi connectivity index (χ3v) is 0.713. The Morgan fingerprint density at radius 3 is 3.11 bits per heavy atom. The molecule has 1 aliphatic heterocycles. The van der Waals surface area contributed by atoms with Crippen LogP contribution in [0.2, 0.25) is 0 Å². The van der Waals surface area contributed by atoms with Crippen LogP contribution in [0.15, 0.2) is 29.2 Å². The van der Waals surface area contributed by atoms with Gasteiger partial charge in [0.1, 0.15) is 0 Å². The highest BCUT2D eigenvalue weighted by Crippen LogP contribution is 1.86. The summed E-state index contributed by atoms with van der Waals surface area (Å²) in [5, 5.41) is 11.2. The number of allylic oxidation sites excluding steroid dienone is 2. The van der Waals surface area contributed by atoms with Gasteiger partial charge >= 0.3 is 0 Å². The van der Waals surface area contributed by atoms with Crippen LogP contribution in [0.3, 0.4) is 0 Å². The van der Waals surface area contributed by atoms with Gasteiger partial charge in [0.15, 0.2) is 5.88 Å².